The van der Waals surface area contributed by atoms with Crippen LogP contribution in [0.4, 0.5) is 17.8 Å². The predicted molar refractivity (Wildman–Crippen MR) is 86.0 cm³/mol. The molecule has 2 atom stereocenters. The van der Waals surface area contributed by atoms with Gasteiger partial charge in [0.2, 0.25) is 17.8 Å². The number of hydrogen-bond donors (Lipinski definition) is 6. The highest BCUT2D eigenvalue weighted by Gasteiger charge is 2.17. The lowest BCUT2D eigenvalue weighted by Crippen LogP contribution is -2.38. The monoisotopic (exact) mass is 344 g/mol. The van der Waals surface area contributed by atoms with E-state index in [-0.39, 0.29) is 38.2 Å². The fourth-order valence-corrected chi connectivity index (χ4v) is 1.97. The van der Waals surface area contributed by atoms with Gasteiger partial charge in [-0.15, -0.1) is 0 Å². The molecule has 2 heterocycles. The van der Waals surface area contributed by atoms with Crippen molar-refractivity contribution in [3.8, 4) is 0 Å². The van der Waals surface area contributed by atoms with Crippen molar-refractivity contribution in [3.63, 3.8) is 0 Å². The Morgan fingerprint density at radius 3 is 1.88 bits per heavy atom. The van der Waals surface area contributed by atoms with Crippen LogP contribution < -0.4 is 15.5 Å². The van der Waals surface area contributed by atoms with Crippen LogP contribution in [0.1, 0.15) is 0 Å². The van der Waals surface area contributed by atoms with Crippen LogP contribution in [0, 0.1) is 0 Å². The largest absolute Gasteiger partial charge is 0.394 e. The lowest BCUT2D eigenvalue weighted by molar-refractivity contribution is 0.105. The maximum Gasteiger partial charge on any atom is 0.232 e. The normalized spacial score (nSPS) is 17.4. The van der Waals surface area contributed by atoms with Crippen molar-refractivity contribution >= 4 is 17.8 Å². The van der Waals surface area contributed by atoms with Crippen LogP contribution in [0.5, 0.6) is 0 Å². The summed E-state index contributed by atoms with van der Waals surface area (Å²) in [6.07, 6.45) is -1.86. The number of nitrogens with one attached hydrogen (secondary N) is 2. The molecule has 0 spiro atoms. The Labute approximate surface area is 139 Å². The minimum Gasteiger partial charge on any atom is -0.394 e. The van der Waals surface area contributed by atoms with Gasteiger partial charge in [-0.1, -0.05) is 0 Å². The minimum absolute atomic E-state index is 0.0851. The fraction of sp³-hybridized carbons (Fsp3) is 0.769. The van der Waals surface area contributed by atoms with Gasteiger partial charge in [-0.05, 0) is 0 Å². The second-order valence-corrected chi connectivity index (χ2v) is 5.32. The summed E-state index contributed by atoms with van der Waals surface area (Å²) in [5, 5.41) is 42.3. The summed E-state index contributed by atoms with van der Waals surface area (Å²) in [6, 6.07) is 0. The lowest BCUT2D eigenvalue weighted by Gasteiger charge is -2.27. The summed E-state index contributed by atoms with van der Waals surface area (Å²) < 4.78 is 5.30. The summed E-state index contributed by atoms with van der Waals surface area (Å²) >= 11 is 0. The van der Waals surface area contributed by atoms with Crippen LogP contribution in [0.15, 0.2) is 0 Å². The molecule has 0 aromatic carbocycles. The molecule has 24 heavy (non-hydrogen) atoms. The highest BCUT2D eigenvalue weighted by molar-refractivity contribution is 5.44. The Kier molecular flexibility index (Phi) is 7.34. The SMILES string of the molecule is OCC(O)CNc1nc(NCC(O)CO)nc(N2CCOCC2)n1. The molecule has 0 amide bonds. The lowest BCUT2D eigenvalue weighted by atomic mass is 10.4. The molecular weight excluding hydrogens is 320 g/mol. The molecule has 0 aliphatic carbocycles. The molecule has 1 aliphatic rings. The third kappa shape index (κ3) is 5.69. The minimum atomic E-state index is -0.929. The van der Waals surface area contributed by atoms with Gasteiger partial charge in [0.25, 0.3) is 0 Å². The quantitative estimate of drug-likeness (QED) is 0.276. The van der Waals surface area contributed by atoms with Crippen molar-refractivity contribution in [2.45, 2.75) is 12.2 Å². The average molecular weight is 344 g/mol. The Hall–Kier alpha value is -1.79. The molecule has 0 saturated carbocycles. The van der Waals surface area contributed by atoms with Gasteiger partial charge < -0.3 is 40.7 Å². The van der Waals surface area contributed by atoms with Gasteiger partial charge in [0.15, 0.2) is 0 Å². The van der Waals surface area contributed by atoms with Crippen molar-refractivity contribution < 1.29 is 25.2 Å². The first-order chi connectivity index (χ1) is 11.6. The maximum atomic E-state index is 9.43. The number of rotatable bonds is 9. The van der Waals surface area contributed by atoms with Crippen molar-refractivity contribution in [1.82, 2.24) is 15.0 Å². The number of hydrogen-bond acceptors (Lipinski definition) is 11. The van der Waals surface area contributed by atoms with E-state index in [4.69, 9.17) is 14.9 Å². The van der Waals surface area contributed by atoms with E-state index in [1.807, 2.05) is 4.90 Å². The standard InChI is InChI=1S/C13H24N6O5/c20-7-9(22)5-14-11-16-12(15-6-10(23)8-21)18-13(17-11)19-1-3-24-4-2-19/h9-10,20-23H,1-8H2,(H2,14,15,16,17,18). The molecule has 1 saturated heterocycles. The molecule has 0 bridgehead atoms. The van der Waals surface area contributed by atoms with Crippen LogP contribution in [0.3, 0.4) is 0 Å². The zero-order chi connectivity index (χ0) is 17.4. The molecule has 1 aromatic rings. The Bertz CT molecular complexity index is 469. The Morgan fingerprint density at radius 2 is 1.42 bits per heavy atom. The second kappa shape index (κ2) is 9.49. The van der Waals surface area contributed by atoms with E-state index < -0.39 is 12.2 Å². The Morgan fingerprint density at radius 1 is 0.917 bits per heavy atom. The van der Waals surface area contributed by atoms with Crippen LogP contribution in [0.2, 0.25) is 0 Å². The van der Waals surface area contributed by atoms with Crippen molar-refractivity contribution in [2.75, 3.05) is 68.1 Å². The molecule has 1 aromatic heterocycles. The van der Waals surface area contributed by atoms with Crippen LogP contribution in [-0.2, 0) is 4.74 Å². The van der Waals surface area contributed by atoms with Crippen molar-refractivity contribution in [3.05, 3.63) is 0 Å². The van der Waals surface area contributed by atoms with Gasteiger partial charge in [-0.2, -0.15) is 15.0 Å². The Balaban J connectivity index is 2.11. The summed E-state index contributed by atoms with van der Waals surface area (Å²) in [4.78, 5) is 14.7. The molecule has 2 rings (SSSR count). The molecule has 11 heteroatoms. The number of nitrogens with zero attached hydrogens (tertiary/aromatic N) is 4. The zero-order valence-corrected chi connectivity index (χ0v) is 13.3. The first kappa shape index (κ1) is 18.5. The summed E-state index contributed by atoms with van der Waals surface area (Å²) in [5.74, 6) is 0.912. The molecule has 136 valence electrons. The molecule has 1 fully saturated rings. The van der Waals surface area contributed by atoms with Crippen LogP contribution in [-0.4, -0.2) is 100 Å². The third-order valence-corrected chi connectivity index (χ3v) is 3.33. The van der Waals surface area contributed by atoms with Gasteiger partial charge in [0.05, 0.1) is 38.6 Å². The zero-order valence-electron chi connectivity index (χ0n) is 13.3. The average Bonchev–Trinajstić information content (AvgIpc) is 2.64. The van der Waals surface area contributed by atoms with Gasteiger partial charge in [0, 0.05) is 26.2 Å². The van der Waals surface area contributed by atoms with E-state index in [1.54, 1.807) is 0 Å². The number of anilines is 3. The van der Waals surface area contributed by atoms with Gasteiger partial charge in [-0.3, -0.25) is 0 Å². The molecule has 6 N–H and O–H groups in total. The highest BCUT2D eigenvalue weighted by atomic mass is 16.5. The van der Waals surface area contributed by atoms with Gasteiger partial charge in [0.1, 0.15) is 0 Å². The van der Waals surface area contributed by atoms with E-state index in [0.717, 1.165) is 0 Å². The summed E-state index contributed by atoms with van der Waals surface area (Å²) in [7, 11) is 0. The van der Waals surface area contributed by atoms with Gasteiger partial charge >= 0.3 is 0 Å². The number of aromatic nitrogens is 3. The topological polar surface area (TPSA) is 156 Å². The first-order valence-corrected chi connectivity index (χ1v) is 7.76. The third-order valence-electron chi connectivity index (χ3n) is 3.33. The number of morpholine rings is 1. The van der Waals surface area contributed by atoms with Crippen molar-refractivity contribution in [1.29, 1.82) is 0 Å². The molecule has 2 unspecified atom stereocenters. The smallest absolute Gasteiger partial charge is 0.232 e. The maximum absolute atomic E-state index is 9.43. The highest BCUT2D eigenvalue weighted by Crippen LogP contribution is 2.15. The second-order valence-electron chi connectivity index (χ2n) is 5.32. The van der Waals surface area contributed by atoms with Crippen molar-refractivity contribution in [2.24, 2.45) is 0 Å². The number of aliphatic hydroxyl groups excluding tert-OH is 4. The van der Waals surface area contributed by atoms with Gasteiger partial charge in [-0.25, -0.2) is 0 Å². The number of aliphatic hydroxyl groups is 4. The predicted octanol–water partition coefficient (Wildman–Crippen LogP) is -2.76. The fourth-order valence-electron chi connectivity index (χ4n) is 1.97. The molecular formula is C13H24N6O5. The number of ether oxygens (including phenoxy) is 1. The van der Waals surface area contributed by atoms with Crippen LogP contribution >= 0.6 is 0 Å². The van der Waals surface area contributed by atoms with Crippen LogP contribution in [0.25, 0.3) is 0 Å². The van der Waals surface area contributed by atoms with E-state index in [2.05, 4.69) is 25.6 Å². The van der Waals surface area contributed by atoms with E-state index in [0.29, 0.717) is 32.3 Å². The summed E-state index contributed by atoms with van der Waals surface area (Å²) in [6.45, 7) is 1.85. The van der Waals surface area contributed by atoms with E-state index >= 15 is 0 Å². The molecule has 1 aliphatic heterocycles. The molecule has 0 radical (unpaired) electrons. The first-order valence-electron chi connectivity index (χ1n) is 7.76. The van der Waals surface area contributed by atoms with E-state index in [1.165, 1.54) is 0 Å². The van der Waals surface area contributed by atoms with E-state index in [9.17, 15) is 10.2 Å². The molecule has 11 nitrogen and oxygen atoms in total. The summed E-state index contributed by atoms with van der Waals surface area (Å²) in [5.41, 5.74) is 0.